The van der Waals surface area contributed by atoms with Gasteiger partial charge in [-0.1, -0.05) is 23.8 Å². The van der Waals surface area contributed by atoms with E-state index >= 15 is 0 Å². The number of rotatable bonds is 8. The quantitative estimate of drug-likeness (QED) is 0.405. The van der Waals surface area contributed by atoms with Crippen molar-refractivity contribution in [2.45, 2.75) is 33.4 Å². The number of thiocarbonyl (C=S) groups is 1. The van der Waals surface area contributed by atoms with Crippen LogP contribution in [0.1, 0.15) is 28.7 Å². The molecule has 0 radical (unpaired) electrons. The number of aryl methyl sites for hydroxylation is 2. The van der Waals surface area contributed by atoms with Crippen LogP contribution in [0.25, 0.3) is 10.9 Å². The first-order valence-electron chi connectivity index (χ1n) is 10.3. The Balaban J connectivity index is 1.87. The monoisotopic (exact) mass is 441 g/mol. The number of nitrogens with zero attached hydrogens (tertiary/aromatic N) is 1. The van der Waals surface area contributed by atoms with Crippen LogP contribution < -0.4 is 10.9 Å². The van der Waals surface area contributed by atoms with Gasteiger partial charge < -0.3 is 19.9 Å². The summed E-state index contributed by atoms with van der Waals surface area (Å²) in [5.41, 5.74) is 4.43. The Morgan fingerprint density at radius 3 is 2.61 bits per heavy atom. The van der Waals surface area contributed by atoms with E-state index in [4.69, 9.17) is 17.0 Å². The number of nitrogens with one attached hydrogen (secondary N) is 2. The van der Waals surface area contributed by atoms with Gasteiger partial charge in [-0.3, -0.25) is 4.79 Å². The van der Waals surface area contributed by atoms with Crippen molar-refractivity contribution >= 4 is 28.2 Å². The van der Waals surface area contributed by atoms with Crippen molar-refractivity contribution in [3.05, 3.63) is 80.9 Å². The van der Waals surface area contributed by atoms with E-state index in [1.54, 1.807) is 19.2 Å². The van der Waals surface area contributed by atoms with E-state index in [1.807, 2.05) is 24.8 Å². The van der Waals surface area contributed by atoms with Crippen LogP contribution in [0, 0.1) is 19.7 Å². The third-order valence-electron chi connectivity index (χ3n) is 5.11. The minimum Gasteiger partial charge on any atom is -0.385 e. The number of fused-ring (bicyclic) bond motifs is 1. The van der Waals surface area contributed by atoms with E-state index in [0.29, 0.717) is 36.9 Å². The first kappa shape index (κ1) is 22.9. The second kappa shape index (κ2) is 10.5. The molecule has 7 heteroatoms. The van der Waals surface area contributed by atoms with Gasteiger partial charge in [-0.15, -0.1) is 0 Å². The summed E-state index contributed by atoms with van der Waals surface area (Å²) < 4.78 is 18.4. The molecule has 1 heterocycles. The van der Waals surface area contributed by atoms with Crippen molar-refractivity contribution in [1.82, 2.24) is 15.2 Å². The zero-order valence-corrected chi connectivity index (χ0v) is 18.9. The summed E-state index contributed by atoms with van der Waals surface area (Å²) in [7, 11) is 1.66. The molecular weight excluding hydrogens is 413 g/mol. The van der Waals surface area contributed by atoms with Crippen molar-refractivity contribution in [2.24, 2.45) is 0 Å². The summed E-state index contributed by atoms with van der Waals surface area (Å²) in [6.07, 6.45) is 0.816. The van der Waals surface area contributed by atoms with E-state index in [2.05, 4.69) is 22.4 Å². The molecule has 1 aromatic heterocycles. The van der Waals surface area contributed by atoms with Gasteiger partial charge in [0.25, 0.3) is 5.56 Å². The highest BCUT2D eigenvalue weighted by Gasteiger charge is 2.15. The SMILES string of the molecule is COCCCNC(=S)N(Cc1ccc(F)cc1)Cc1cc2cc(C)cc(C)c2[nH]c1=O. The highest BCUT2D eigenvalue weighted by Crippen LogP contribution is 2.19. The number of aromatic nitrogens is 1. The van der Waals surface area contributed by atoms with Crippen LogP contribution in [0.3, 0.4) is 0 Å². The maximum absolute atomic E-state index is 13.3. The second-order valence-electron chi connectivity index (χ2n) is 7.73. The first-order chi connectivity index (χ1) is 14.9. The average molecular weight is 442 g/mol. The normalized spacial score (nSPS) is 11.0. The van der Waals surface area contributed by atoms with Gasteiger partial charge >= 0.3 is 0 Å². The predicted octanol–water partition coefficient (Wildman–Crippen LogP) is 4.20. The van der Waals surface area contributed by atoms with Crippen molar-refractivity contribution in [3.63, 3.8) is 0 Å². The number of hydrogen-bond donors (Lipinski definition) is 2. The van der Waals surface area contributed by atoms with Crippen LogP contribution in [-0.4, -0.2) is 35.3 Å². The van der Waals surface area contributed by atoms with Crippen LogP contribution in [-0.2, 0) is 17.8 Å². The molecule has 0 aliphatic heterocycles. The average Bonchev–Trinajstić information content (AvgIpc) is 2.73. The zero-order chi connectivity index (χ0) is 22.4. The Kier molecular flexibility index (Phi) is 7.76. The van der Waals surface area contributed by atoms with Gasteiger partial charge in [-0.25, -0.2) is 4.39 Å². The molecule has 0 spiro atoms. The number of benzene rings is 2. The highest BCUT2D eigenvalue weighted by atomic mass is 32.1. The molecule has 0 aliphatic rings. The fourth-order valence-electron chi connectivity index (χ4n) is 3.59. The molecule has 3 aromatic rings. The van der Waals surface area contributed by atoms with E-state index in [9.17, 15) is 9.18 Å². The maximum Gasteiger partial charge on any atom is 0.253 e. The van der Waals surface area contributed by atoms with Crippen LogP contribution in [0.15, 0.2) is 47.3 Å². The number of hydrogen-bond acceptors (Lipinski definition) is 3. The van der Waals surface area contributed by atoms with Gasteiger partial charge in [0.2, 0.25) is 0 Å². The smallest absolute Gasteiger partial charge is 0.253 e. The second-order valence-corrected chi connectivity index (χ2v) is 8.12. The lowest BCUT2D eigenvalue weighted by atomic mass is 10.1. The summed E-state index contributed by atoms with van der Waals surface area (Å²) in [5.74, 6) is -0.285. The molecule has 31 heavy (non-hydrogen) atoms. The first-order valence-corrected chi connectivity index (χ1v) is 10.7. The Morgan fingerprint density at radius 2 is 1.90 bits per heavy atom. The van der Waals surface area contributed by atoms with Gasteiger partial charge in [0, 0.05) is 32.4 Å². The van der Waals surface area contributed by atoms with Crippen molar-refractivity contribution in [2.75, 3.05) is 20.3 Å². The van der Waals surface area contributed by atoms with Gasteiger partial charge in [-0.2, -0.15) is 0 Å². The Morgan fingerprint density at radius 1 is 1.16 bits per heavy atom. The summed E-state index contributed by atoms with van der Waals surface area (Å²) >= 11 is 5.62. The number of H-pyrrole nitrogens is 1. The maximum atomic E-state index is 13.3. The van der Waals surface area contributed by atoms with Crippen LogP contribution in [0.5, 0.6) is 0 Å². The lowest BCUT2D eigenvalue weighted by Crippen LogP contribution is -2.40. The van der Waals surface area contributed by atoms with Crippen LogP contribution in [0.4, 0.5) is 4.39 Å². The molecule has 0 aliphatic carbocycles. The van der Waals surface area contributed by atoms with E-state index in [0.717, 1.165) is 34.0 Å². The molecule has 0 saturated heterocycles. The summed E-state index contributed by atoms with van der Waals surface area (Å²) in [6, 6.07) is 12.4. The lowest BCUT2D eigenvalue weighted by Gasteiger charge is -2.26. The minimum absolute atomic E-state index is 0.134. The molecule has 0 fully saturated rings. The fraction of sp³-hybridized carbons (Fsp3) is 0.333. The molecule has 0 amide bonds. The number of halogens is 1. The molecule has 2 aromatic carbocycles. The number of methoxy groups -OCH3 is 1. The van der Waals surface area contributed by atoms with Gasteiger partial charge in [0.1, 0.15) is 5.82 Å². The molecule has 0 unspecified atom stereocenters. The number of ether oxygens (including phenoxy) is 1. The van der Waals surface area contributed by atoms with E-state index in [1.165, 1.54) is 12.1 Å². The lowest BCUT2D eigenvalue weighted by molar-refractivity contribution is 0.195. The molecule has 0 bridgehead atoms. The molecule has 2 N–H and O–H groups in total. The minimum atomic E-state index is -0.285. The fourth-order valence-corrected chi connectivity index (χ4v) is 3.82. The van der Waals surface area contributed by atoms with Gasteiger partial charge in [0.05, 0.1) is 12.1 Å². The van der Waals surface area contributed by atoms with Crippen molar-refractivity contribution in [1.29, 1.82) is 0 Å². The van der Waals surface area contributed by atoms with E-state index < -0.39 is 0 Å². The summed E-state index contributed by atoms with van der Waals surface area (Å²) in [4.78, 5) is 17.8. The van der Waals surface area contributed by atoms with Gasteiger partial charge in [-0.05, 0) is 73.3 Å². The Hall–Kier alpha value is -2.77. The van der Waals surface area contributed by atoms with Crippen molar-refractivity contribution < 1.29 is 9.13 Å². The molecule has 3 rings (SSSR count). The largest absolute Gasteiger partial charge is 0.385 e. The number of aromatic amines is 1. The predicted molar refractivity (Wildman–Crippen MR) is 127 cm³/mol. The third kappa shape index (κ3) is 6.12. The third-order valence-corrected chi connectivity index (χ3v) is 5.51. The standard InChI is InChI=1S/C24H28FN3O2S/c1-16-11-17(2)22-19(12-16)13-20(23(29)27-22)15-28(24(31)26-9-4-10-30-3)14-18-5-7-21(25)8-6-18/h5-8,11-13H,4,9-10,14-15H2,1-3H3,(H,26,31)(H,27,29). The molecule has 0 saturated carbocycles. The molecule has 5 nitrogen and oxygen atoms in total. The van der Waals surface area contributed by atoms with Crippen molar-refractivity contribution in [3.8, 4) is 0 Å². The zero-order valence-electron chi connectivity index (χ0n) is 18.1. The Labute approximate surface area is 187 Å². The number of pyridine rings is 1. The topological polar surface area (TPSA) is 57.4 Å². The summed E-state index contributed by atoms with van der Waals surface area (Å²) in [6.45, 7) is 6.13. The highest BCUT2D eigenvalue weighted by molar-refractivity contribution is 7.80. The van der Waals surface area contributed by atoms with Crippen LogP contribution in [0.2, 0.25) is 0 Å². The van der Waals surface area contributed by atoms with Crippen LogP contribution >= 0.6 is 12.2 Å². The van der Waals surface area contributed by atoms with E-state index in [-0.39, 0.29) is 11.4 Å². The molecule has 164 valence electrons. The molecule has 0 atom stereocenters. The van der Waals surface area contributed by atoms with Gasteiger partial charge in [0.15, 0.2) is 5.11 Å². The Bertz CT molecular complexity index is 1110. The summed E-state index contributed by atoms with van der Waals surface area (Å²) in [5, 5.41) is 4.77. The molecular formula is C24H28FN3O2S.